The van der Waals surface area contributed by atoms with Gasteiger partial charge in [0.15, 0.2) is 5.11 Å². The Morgan fingerprint density at radius 2 is 2.23 bits per heavy atom. The number of carbonyl (C=O) groups is 1. The van der Waals surface area contributed by atoms with E-state index in [-0.39, 0.29) is 12.0 Å². The van der Waals surface area contributed by atoms with Crippen LogP contribution in [0.1, 0.15) is 38.8 Å². The molecule has 7 heteroatoms. The van der Waals surface area contributed by atoms with Crippen LogP contribution < -0.4 is 5.32 Å². The smallest absolute Gasteiger partial charge is 0.338 e. The molecule has 2 heterocycles. The predicted molar refractivity (Wildman–Crippen MR) is 88.0 cm³/mol. The van der Waals surface area contributed by atoms with Gasteiger partial charge >= 0.3 is 5.97 Å². The average molecular weight is 322 g/mol. The molecule has 0 unspecified atom stereocenters. The van der Waals surface area contributed by atoms with Gasteiger partial charge in [-0.15, -0.1) is 0 Å². The molecule has 0 fully saturated rings. The number of aryl methyl sites for hydroxylation is 1. The number of aromatic nitrogens is 2. The SMILES string of the molecule is CCCN1C(=S)N[C@@H](c2cnn(C)c2)C(C(=O)OCC)=C1C. The highest BCUT2D eigenvalue weighted by molar-refractivity contribution is 7.80. The molecule has 1 atom stereocenters. The third-order valence-corrected chi connectivity index (χ3v) is 3.94. The van der Waals surface area contributed by atoms with Crippen LogP contribution in [0.25, 0.3) is 0 Å². The van der Waals surface area contributed by atoms with E-state index in [1.807, 2.05) is 25.1 Å². The fraction of sp³-hybridized carbons (Fsp3) is 0.533. The Bertz CT molecular complexity index is 608. The van der Waals surface area contributed by atoms with E-state index in [1.165, 1.54) is 0 Å². The lowest BCUT2D eigenvalue weighted by Gasteiger charge is -2.37. The third-order valence-electron chi connectivity index (χ3n) is 3.60. The van der Waals surface area contributed by atoms with Crippen LogP contribution in [0.5, 0.6) is 0 Å². The van der Waals surface area contributed by atoms with Crippen LogP contribution in [0.3, 0.4) is 0 Å². The summed E-state index contributed by atoms with van der Waals surface area (Å²) in [5.41, 5.74) is 2.33. The van der Waals surface area contributed by atoms with Crippen molar-refractivity contribution >= 4 is 23.3 Å². The molecule has 0 saturated heterocycles. The monoisotopic (exact) mass is 322 g/mol. The Morgan fingerprint density at radius 3 is 2.77 bits per heavy atom. The highest BCUT2D eigenvalue weighted by atomic mass is 32.1. The van der Waals surface area contributed by atoms with Gasteiger partial charge < -0.3 is 15.0 Å². The molecular formula is C15H22N4O2S. The van der Waals surface area contributed by atoms with Crippen LogP contribution in [0.2, 0.25) is 0 Å². The van der Waals surface area contributed by atoms with Crippen LogP contribution in [0, 0.1) is 0 Å². The Hall–Kier alpha value is -1.89. The maximum Gasteiger partial charge on any atom is 0.338 e. The number of hydrogen-bond donors (Lipinski definition) is 1. The van der Waals surface area contributed by atoms with Gasteiger partial charge in [-0.25, -0.2) is 4.79 Å². The molecule has 2 rings (SSSR count). The number of carbonyl (C=O) groups excluding carboxylic acids is 1. The average Bonchev–Trinajstić information content (AvgIpc) is 2.89. The molecule has 1 N–H and O–H groups in total. The summed E-state index contributed by atoms with van der Waals surface area (Å²) in [6.45, 7) is 6.90. The maximum absolute atomic E-state index is 12.4. The van der Waals surface area contributed by atoms with E-state index in [9.17, 15) is 4.79 Å². The van der Waals surface area contributed by atoms with Gasteiger partial charge in [-0.05, 0) is 32.5 Å². The molecule has 1 aromatic heterocycles. The molecule has 0 radical (unpaired) electrons. The van der Waals surface area contributed by atoms with Gasteiger partial charge in [-0.3, -0.25) is 4.68 Å². The van der Waals surface area contributed by atoms with Crippen LogP contribution in [0.15, 0.2) is 23.7 Å². The summed E-state index contributed by atoms with van der Waals surface area (Å²) < 4.78 is 6.94. The number of nitrogens with one attached hydrogen (secondary N) is 1. The molecule has 0 aromatic carbocycles. The van der Waals surface area contributed by atoms with Crippen molar-refractivity contribution in [1.29, 1.82) is 0 Å². The normalized spacial score (nSPS) is 18.5. The Balaban J connectivity index is 2.47. The standard InChI is InChI=1S/C15H22N4O2S/c1-5-7-19-10(3)12(14(20)21-6-2)13(17-15(19)22)11-8-16-18(4)9-11/h8-9,13H,5-7H2,1-4H3,(H,17,22)/t13-/m0/s1. The second kappa shape index (κ2) is 6.91. The summed E-state index contributed by atoms with van der Waals surface area (Å²) in [7, 11) is 1.84. The van der Waals surface area contributed by atoms with E-state index >= 15 is 0 Å². The molecule has 1 aliphatic heterocycles. The zero-order valence-corrected chi connectivity index (χ0v) is 14.2. The number of ether oxygens (including phenoxy) is 1. The first-order chi connectivity index (χ1) is 10.5. The fourth-order valence-electron chi connectivity index (χ4n) is 2.59. The van der Waals surface area contributed by atoms with E-state index in [4.69, 9.17) is 17.0 Å². The second-order valence-corrected chi connectivity index (χ2v) is 5.59. The van der Waals surface area contributed by atoms with Crippen molar-refractivity contribution in [3.63, 3.8) is 0 Å². The maximum atomic E-state index is 12.4. The quantitative estimate of drug-likeness (QED) is 0.660. The fourth-order valence-corrected chi connectivity index (χ4v) is 2.93. The van der Waals surface area contributed by atoms with E-state index in [1.54, 1.807) is 17.8 Å². The molecule has 1 aliphatic rings. The molecule has 22 heavy (non-hydrogen) atoms. The first-order valence-electron chi connectivity index (χ1n) is 7.44. The predicted octanol–water partition coefficient (Wildman–Crippen LogP) is 1.90. The van der Waals surface area contributed by atoms with Gasteiger partial charge in [0.2, 0.25) is 0 Å². The summed E-state index contributed by atoms with van der Waals surface area (Å²) >= 11 is 5.46. The molecule has 6 nitrogen and oxygen atoms in total. The number of esters is 1. The summed E-state index contributed by atoms with van der Waals surface area (Å²) in [6.07, 6.45) is 4.55. The minimum atomic E-state index is -0.326. The molecule has 0 aliphatic carbocycles. The Kier molecular flexibility index (Phi) is 5.18. The molecule has 0 amide bonds. The van der Waals surface area contributed by atoms with Crippen LogP contribution in [0.4, 0.5) is 0 Å². The number of allylic oxidation sites excluding steroid dienone is 1. The van der Waals surface area contributed by atoms with Crippen molar-refractivity contribution in [1.82, 2.24) is 20.0 Å². The number of rotatable bonds is 5. The van der Waals surface area contributed by atoms with E-state index < -0.39 is 0 Å². The van der Waals surface area contributed by atoms with Gasteiger partial charge in [0.1, 0.15) is 0 Å². The molecule has 120 valence electrons. The molecule has 1 aromatic rings. The lowest BCUT2D eigenvalue weighted by atomic mass is 9.97. The van der Waals surface area contributed by atoms with Crippen LogP contribution in [-0.4, -0.2) is 38.9 Å². The second-order valence-electron chi connectivity index (χ2n) is 5.20. The van der Waals surface area contributed by atoms with Gasteiger partial charge in [0.05, 0.1) is 24.4 Å². The van der Waals surface area contributed by atoms with Gasteiger partial charge in [-0.1, -0.05) is 6.92 Å². The minimum Gasteiger partial charge on any atom is -0.463 e. The summed E-state index contributed by atoms with van der Waals surface area (Å²) in [5, 5.41) is 8.05. The summed E-state index contributed by atoms with van der Waals surface area (Å²) in [4.78, 5) is 14.4. The molecule has 0 saturated carbocycles. The van der Waals surface area contributed by atoms with Crippen molar-refractivity contribution in [3.8, 4) is 0 Å². The highest BCUT2D eigenvalue weighted by Gasteiger charge is 2.34. The van der Waals surface area contributed by atoms with E-state index in [2.05, 4.69) is 17.3 Å². The zero-order chi connectivity index (χ0) is 16.3. The van der Waals surface area contributed by atoms with Crippen molar-refractivity contribution in [3.05, 3.63) is 29.2 Å². The van der Waals surface area contributed by atoms with Crippen LogP contribution in [-0.2, 0) is 16.6 Å². The van der Waals surface area contributed by atoms with Crippen LogP contribution >= 0.6 is 12.2 Å². The molecular weight excluding hydrogens is 300 g/mol. The molecule has 0 bridgehead atoms. The van der Waals surface area contributed by atoms with E-state index in [0.29, 0.717) is 17.3 Å². The Morgan fingerprint density at radius 1 is 1.50 bits per heavy atom. The topological polar surface area (TPSA) is 59.4 Å². The van der Waals surface area contributed by atoms with Gasteiger partial charge in [0.25, 0.3) is 0 Å². The third kappa shape index (κ3) is 3.14. The van der Waals surface area contributed by atoms with Crippen molar-refractivity contribution < 1.29 is 9.53 Å². The largest absolute Gasteiger partial charge is 0.463 e. The zero-order valence-electron chi connectivity index (χ0n) is 13.4. The Labute approximate surface area is 136 Å². The highest BCUT2D eigenvalue weighted by Crippen LogP contribution is 2.31. The van der Waals surface area contributed by atoms with Gasteiger partial charge in [-0.2, -0.15) is 5.10 Å². The first-order valence-corrected chi connectivity index (χ1v) is 7.84. The lowest BCUT2D eigenvalue weighted by Crippen LogP contribution is -2.48. The van der Waals surface area contributed by atoms with Gasteiger partial charge in [0, 0.05) is 31.0 Å². The lowest BCUT2D eigenvalue weighted by molar-refractivity contribution is -0.139. The van der Waals surface area contributed by atoms with E-state index in [0.717, 1.165) is 24.2 Å². The van der Waals surface area contributed by atoms with Crippen molar-refractivity contribution in [2.45, 2.75) is 33.2 Å². The van der Waals surface area contributed by atoms with Crippen molar-refractivity contribution in [2.24, 2.45) is 7.05 Å². The summed E-state index contributed by atoms with van der Waals surface area (Å²) in [6, 6.07) is -0.326. The number of thiocarbonyl (C=S) groups is 1. The van der Waals surface area contributed by atoms with Crippen molar-refractivity contribution in [2.75, 3.05) is 13.2 Å². The summed E-state index contributed by atoms with van der Waals surface area (Å²) in [5.74, 6) is -0.315. The molecule has 0 spiro atoms. The first kappa shape index (κ1) is 16.5. The number of nitrogens with zero attached hydrogens (tertiary/aromatic N) is 3. The minimum absolute atomic E-state index is 0.315. The number of hydrogen-bond acceptors (Lipinski definition) is 4.